The van der Waals surface area contributed by atoms with Crippen molar-refractivity contribution < 1.29 is 17.9 Å². The third-order valence-electron chi connectivity index (χ3n) is 7.44. The molecule has 4 aromatic rings. The van der Waals surface area contributed by atoms with Gasteiger partial charge in [-0.25, -0.2) is 9.50 Å². The lowest BCUT2D eigenvalue weighted by molar-refractivity contribution is -0.138. The third-order valence-corrected chi connectivity index (χ3v) is 7.44. The van der Waals surface area contributed by atoms with Crippen molar-refractivity contribution in [2.75, 3.05) is 7.11 Å². The van der Waals surface area contributed by atoms with Crippen molar-refractivity contribution in [2.24, 2.45) is 5.92 Å². The Hall–Kier alpha value is -3.03. The van der Waals surface area contributed by atoms with Gasteiger partial charge in [-0.05, 0) is 79.2 Å². The second-order valence-electron chi connectivity index (χ2n) is 10.1. The van der Waals surface area contributed by atoms with Crippen LogP contribution < -0.4 is 4.74 Å². The van der Waals surface area contributed by atoms with E-state index in [-0.39, 0.29) is 18.3 Å². The molecule has 8 heteroatoms. The van der Waals surface area contributed by atoms with Gasteiger partial charge in [-0.15, -0.1) is 0 Å². The van der Waals surface area contributed by atoms with Crippen molar-refractivity contribution in [1.29, 1.82) is 0 Å². The van der Waals surface area contributed by atoms with Crippen LogP contribution in [0.4, 0.5) is 13.2 Å². The van der Waals surface area contributed by atoms with Gasteiger partial charge in [0.15, 0.2) is 11.4 Å². The number of fused-ring (bicyclic) bond motifs is 2. The highest BCUT2D eigenvalue weighted by Gasteiger charge is 2.30. The highest BCUT2D eigenvalue weighted by atomic mass is 19.4. The minimum absolute atomic E-state index is 0.184. The van der Waals surface area contributed by atoms with Crippen LogP contribution in [0.2, 0.25) is 0 Å². The van der Waals surface area contributed by atoms with E-state index in [9.17, 15) is 13.2 Å². The molecule has 3 heterocycles. The number of ether oxygens (including phenoxy) is 1. The van der Waals surface area contributed by atoms with Crippen molar-refractivity contribution in [2.45, 2.75) is 70.4 Å². The number of hydrogen-bond acceptors (Lipinski definition) is 3. The Morgan fingerprint density at radius 2 is 1.91 bits per heavy atom. The van der Waals surface area contributed by atoms with Crippen LogP contribution in [0.25, 0.3) is 27.8 Å². The number of rotatable bonds is 6. The van der Waals surface area contributed by atoms with Crippen molar-refractivity contribution >= 4 is 16.6 Å². The van der Waals surface area contributed by atoms with E-state index in [0.29, 0.717) is 17.3 Å². The predicted molar refractivity (Wildman–Crippen MR) is 131 cm³/mol. The summed E-state index contributed by atoms with van der Waals surface area (Å²) in [5.41, 5.74) is 6.28. The first-order valence-corrected chi connectivity index (χ1v) is 12.3. The van der Waals surface area contributed by atoms with Gasteiger partial charge in [0.1, 0.15) is 6.33 Å². The summed E-state index contributed by atoms with van der Waals surface area (Å²) in [5.74, 6) is 1.52. The van der Waals surface area contributed by atoms with Crippen LogP contribution in [-0.2, 0) is 0 Å². The number of nitrogens with zero attached hydrogens (tertiary/aromatic N) is 3. The maximum Gasteiger partial charge on any atom is 0.389 e. The van der Waals surface area contributed by atoms with E-state index in [1.165, 1.54) is 22.8 Å². The van der Waals surface area contributed by atoms with E-state index in [4.69, 9.17) is 4.74 Å². The molecule has 186 valence electrons. The number of pyridine rings is 1. The van der Waals surface area contributed by atoms with Gasteiger partial charge in [0.25, 0.3) is 0 Å². The predicted octanol–water partition coefficient (Wildman–Crippen LogP) is 7.63. The number of halogens is 3. The van der Waals surface area contributed by atoms with E-state index >= 15 is 0 Å². The first kappa shape index (κ1) is 23.7. The summed E-state index contributed by atoms with van der Waals surface area (Å²) in [4.78, 5) is 7.89. The molecule has 3 aromatic heterocycles. The molecule has 0 radical (unpaired) electrons. The summed E-state index contributed by atoms with van der Waals surface area (Å²) in [7, 11) is 1.63. The van der Waals surface area contributed by atoms with Gasteiger partial charge in [-0.2, -0.15) is 18.3 Å². The first-order chi connectivity index (χ1) is 16.7. The first-order valence-electron chi connectivity index (χ1n) is 12.3. The minimum Gasteiger partial charge on any atom is -0.493 e. The topological polar surface area (TPSA) is 55.2 Å². The Labute approximate surface area is 202 Å². The molecule has 35 heavy (non-hydrogen) atoms. The molecule has 1 aliphatic rings. The Bertz CT molecular complexity index is 1330. The van der Waals surface area contributed by atoms with E-state index in [1.54, 1.807) is 11.6 Å². The molecule has 0 saturated heterocycles. The van der Waals surface area contributed by atoms with E-state index < -0.39 is 12.6 Å². The molecule has 0 spiro atoms. The van der Waals surface area contributed by atoms with Crippen molar-refractivity contribution in [3.8, 4) is 17.0 Å². The Kier molecular flexibility index (Phi) is 6.23. The highest BCUT2D eigenvalue weighted by molar-refractivity contribution is 5.92. The van der Waals surface area contributed by atoms with Gasteiger partial charge in [0.2, 0.25) is 0 Å². The number of H-pyrrole nitrogens is 1. The monoisotopic (exact) mass is 484 g/mol. The average Bonchev–Trinajstić information content (AvgIpc) is 3.46. The van der Waals surface area contributed by atoms with Crippen molar-refractivity contribution in [3.05, 3.63) is 47.9 Å². The lowest BCUT2D eigenvalue weighted by atomic mass is 9.77. The molecule has 1 fully saturated rings. The van der Waals surface area contributed by atoms with Gasteiger partial charge < -0.3 is 9.72 Å². The number of alkyl halides is 3. The second-order valence-corrected chi connectivity index (χ2v) is 10.1. The zero-order valence-corrected chi connectivity index (χ0v) is 20.3. The zero-order valence-electron chi connectivity index (χ0n) is 20.3. The summed E-state index contributed by atoms with van der Waals surface area (Å²) >= 11 is 0. The maximum atomic E-state index is 12.6. The van der Waals surface area contributed by atoms with Crippen LogP contribution in [0, 0.1) is 5.92 Å². The van der Waals surface area contributed by atoms with Gasteiger partial charge in [0.05, 0.1) is 12.8 Å². The van der Waals surface area contributed by atoms with Gasteiger partial charge in [-0.3, -0.25) is 0 Å². The average molecular weight is 485 g/mol. The second kappa shape index (κ2) is 9.21. The summed E-state index contributed by atoms with van der Waals surface area (Å²) in [6.07, 6.45) is 2.65. The molecule has 0 aliphatic heterocycles. The molecule has 0 amide bonds. The van der Waals surface area contributed by atoms with Crippen LogP contribution in [0.15, 0.2) is 36.8 Å². The lowest BCUT2D eigenvalue weighted by Crippen LogP contribution is -2.16. The Balaban J connectivity index is 1.45. The Morgan fingerprint density at radius 3 is 2.60 bits per heavy atom. The summed E-state index contributed by atoms with van der Waals surface area (Å²) in [5, 5.41) is 5.50. The number of hydrogen-bond donors (Lipinski definition) is 1. The normalized spacial score (nSPS) is 19.2. The molecule has 1 aliphatic carbocycles. The summed E-state index contributed by atoms with van der Waals surface area (Å²) in [6.45, 7) is 4.38. The smallest absolute Gasteiger partial charge is 0.389 e. The molecular formula is C27H31F3N4O. The molecule has 0 bridgehead atoms. The highest BCUT2D eigenvalue weighted by Crippen LogP contribution is 2.42. The number of methoxy groups -OCH3 is 1. The summed E-state index contributed by atoms with van der Waals surface area (Å²) in [6, 6.07) is 8.59. The largest absolute Gasteiger partial charge is 0.493 e. The number of benzene rings is 1. The molecule has 5 rings (SSSR count). The number of nitrogens with one attached hydrogen (secondary N) is 1. The van der Waals surface area contributed by atoms with Crippen LogP contribution in [-0.4, -0.2) is 32.9 Å². The number of aromatic amines is 1. The van der Waals surface area contributed by atoms with E-state index in [2.05, 4.69) is 47.1 Å². The standard InChI is InChI=1S/C27H31F3N4O/c1-16(2)24-21-12-19(18-6-4-17(5-7-18)10-11-27(28,29)30)8-9-22(21)33-25(24)20-13-23(35-3)26-31-15-32-34(26)14-20/h8-9,12-18,33H,4-7,10-11H2,1-3H3. The Morgan fingerprint density at radius 1 is 1.14 bits per heavy atom. The lowest BCUT2D eigenvalue weighted by Gasteiger charge is -2.29. The fourth-order valence-electron chi connectivity index (χ4n) is 5.65. The summed E-state index contributed by atoms with van der Waals surface area (Å²) < 4.78 is 45.1. The minimum atomic E-state index is -4.05. The maximum absolute atomic E-state index is 12.6. The molecule has 0 atom stereocenters. The fourth-order valence-corrected chi connectivity index (χ4v) is 5.65. The molecule has 0 unspecified atom stereocenters. The van der Waals surface area contributed by atoms with E-state index in [0.717, 1.165) is 42.5 Å². The van der Waals surface area contributed by atoms with Crippen LogP contribution in [0.1, 0.15) is 75.3 Å². The van der Waals surface area contributed by atoms with Crippen molar-refractivity contribution in [1.82, 2.24) is 19.6 Å². The van der Waals surface area contributed by atoms with Gasteiger partial charge >= 0.3 is 6.18 Å². The van der Waals surface area contributed by atoms with Crippen LogP contribution >= 0.6 is 0 Å². The van der Waals surface area contributed by atoms with Crippen LogP contribution in [0.3, 0.4) is 0 Å². The van der Waals surface area contributed by atoms with E-state index in [1.807, 2.05) is 12.3 Å². The molecule has 1 saturated carbocycles. The SMILES string of the molecule is COc1cc(-c2[nH]c3ccc(C4CCC(CCC(F)(F)F)CC4)cc3c2C(C)C)cn2ncnc12. The van der Waals surface area contributed by atoms with Crippen LogP contribution in [0.5, 0.6) is 5.75 Å². The molecular weight excluding hydrogens is 453 g/mol. The third kappa shape index (κ3) is 4.75. The molecule has 5 nitrogen and oxygen atoms in total. The molecule has 1 aromatic carbocycles. The molecule has 1 N–H and O–H groups in total. The van der Waals surface area contributed by atoms with Gasteiger partial charge in [0, 0.05) is 29.1 Å². The van der Waals surface area contributed by atoms with Gasteiger partial charge in [-0.1, -0.05) is 19.9 Å². The van der Waals surface area contributed by atoms with Crippen molar-refractivity contribution in [3.63, 3.8) is 0 Å². The zero-order chi connectivity index (χ0) is 24.7. The fraction of sp³-hybridized carbons (Fsp3) is 0.481. The quantitative estimate of drug-likeness (QED) is 0.306. The number of aromatic nitrogens is 4.